The highest BCUT2D eigenvalue weighted by Gasteiger charge is 2.09. The SMILES string of the molecule is CCCOc1ccccc1Oc1cccc(Cl)c1N. The molecular formula is C15H16ClNO2. The van der Waals surface area contributed by atoms with Gasteiger partial charge in [0.15, 0.2) is 17.2 Å². The van der Waals surface area contributed by atoms with Crippen molar-refractivity contribution in [3.05, 3.63) is 47.5 Å². The van der Waals surface area contributed by atoms with Crippen molar-refractivity contribution in [3.63, 3.8) is 0 Å². The molecule has 19 heavy (non-hydrogen) atoms. The van der Waals surface area contributed by atoms with E-state index in [1.807, 2.05) is 24.3 Å². The molecule has 0 bridgehead atoms. The van der Waals surface area contributed by atoms with E-state index in [4.69, 9.17) is 26.8 Å². The number of nitrogens with two attached hydrogens (primary N) is 1. The van der Waals surface area contributed by atoms with Gasteiger partial charge in [0.1, 0.15) is 0 Å². The standard InChI is InChI=1S/C15H16ClNO2/c1-2-10-18-12-7-3-4-8-13(12)19-14-9-5-6-11(16)15(14)17/h3-9H,2,10,17H2,1H3. The number of anilines is 1. The maximum absolute atomic E-state index is 5.97. The van der Waals surface area contributed by atoms with E-state index < -0.39 is 0 Å². The molecule has 3 nitrogen and oxygen atoms in total. The van der Waals surface area contributed by atoms with E-state index in [-0.39, 0.29) is 0 Å². The lowest BCUT2D eigenvalue weighted by Crippen LogP contribution is -1.98. The van der Waals surface area contributed by atoms with Crippen LogP contribution in [0.15, 0.2) is 42.5 Å². The molecule has 0 aromatic heterocycles. The normalized spacial score (nSPS) is 10.2. The fraction of sp³-hybridized carbons (Fsp3) is 0.200. The van der Waals surface area contributed by atoms with Crippen molar-refractivity contribution in [2.24, 2.45) is 0 Å². The molecule has 0 heterocycles. The lowest BCUT2D eigenvalue weighted by molar-refractivity contribution is 0.302. The maximum atomic E-state index is 5.97. The second-order valence-corrected chi connectivity index (χ2v) is 4.46. The van der Waals surface area contributed by atoms with Gasteiger partial charge in [-0.05, 0) is 30.7 Å². The molecule has 0 saturated carbocycles. The Morgan fingerprint density at radius 1 is 1.00 bits per heavy atom. The summed E-state index contributed by atoms with van der Waals surface area (Å²) in [4.78, 5) is 0. The van der Waals surface area contributed by atoms with Crippen molar-refractivity contribution < 1.29 is 9.47 Å². The molecular weight excluding hydrogens is 262 g/mol. The summed E-state index contributed by atoms with van der Waals surface area (Å²) in [5.74, 6) is 1.86. The van der Waals surface area contributed by atoms with Gasteiger partial charge in [0.25, 0.3) is 0 Å². The summed E-state index contributed by atoms with van der Waals surface area (Å²) in [5, 5.41) is 0.476. The van der Waals surface area contributed by atoms with Crippen LogP contribution in [-0.4, -0.2) is 6.61 Å². The summed E-state index contributed by atoms with van der Waals surface area (Å²) >= 11 is 5.97. The van der Waals surface area contributed by atoms with Gasteiger partial charge in [-0.1, -0.05) is 36.7 Å². The molecule has 0 amide bonds. The van der Waals surface area contributed by atoms with E-state index in [0.29, 0.717) is 34.6 Å². The summed E-state index contributed by atoms with van der Waals surface area (Å²) in [6, 6.07) is 12.8. The summed E-state index contributed by atoms with van der Waals surface area (Å²) in [6.45, 7) is 2.70. The minimum Gasteiger partial charge on any atom is -0.490 e. The van der Waals surface area contributed by atoms with E-state index in [0.717, 1.165) is 6.42 Å². The van der Waals surface area contributed by atoms with Crippen LogP contribution in [0.5, 0.6) is 17.2 Å². The van der Waals surface area contributed by atoms with Crippen LogP contribution in [0.4, 0.5) is 5.69 Å². The molecule has 2 N–H and O–H groups in total. The van der Waals surface area contributed by atoms with Crippen LogP contribution in [0.25, 0.3) is 0 Å². The molecule has 0 atom stereocenters. The second-order valence-electron chi connectivity index (χ2n) is 4.05. The Balaban J connectivity index is 2.25. The van der Waals surface area contributed by atoms with E-state index >= 15 is 0 Å². The molecule has 0 unspecified atom stereocenters. The number of para-hydroxylation sites is 3. The molecule has 0 fully saturated rings. The molecule has 0 spiro atoms. The molecule has 100 valence electrons. The average molecular weight is 278 g/mol. The third-order valence-electron chi connectivity index (χ3n) is 2.54. The van der Waals surface area contributed by atoms with Gasteiger partial charge in [0, 0.05) is 0 Å². The van der Waals surface area contributed by atoms with Crippen LogP contribution < -0.4 is 15.2 Å². The molecule has 2 aromatic rings. The van der Waals surface area contributed by atoms with Gasteiger partial charge in [-0.15, -0.1) is 0 Å². The number of rotatable bonds is 5. The zero-order valence-electron chi connectivity index (χ0n) is 10.7. The van der Waals surface area contributed by atoms with Crippen molar-refractivity contribution in [2.45, 2.75) is 13.3 Å². The van der Waals surface area contributed by atoms with Crippen LogP contribution in [-0.2, 0) is 0 Å². The third-order valence-corrected chi connectivity index (χ3v) is 2.87. The van der Waals surface area contributed by atoms with Gasteiger partial charge in [-0.25, -0.2) is 0 Å². The molecule has 2 aromatic carbocycles. The molecule has 0 radical (unpaired) electrons. The third kappa shape index (κ3) is 3.32. The van der Waals surface area contributed by atoms with Crippen LogP contribution in [0.1, 0.15) is 13.3 Å². The van der Waals surface area contributed by atoms with Crippen molar-refractivity contribution >= 4 is 17.3 Å². The Bertz CT molecular complexity index is 558. The van der Waals surface area contributed by atoms with Crippen molar-refractivity contribution in [1.82, 2.24) is 0 Å². The largest absolute Gasteiger partial charge is 0.490 e. The first-order chi connectivity index (χ1) is 9.22. The first-order valence-electron chi connectivity index (χ1n) is 6.16. The van der Waals surface area contributed by atoms with Crippen molar-refractivity contribution in [3.8, 4) is 17.2 Å². The lowest BCUT2D eigenvalue weighted by Gasteiger charge is -2.13. The van der Waals surface area contributed by atoms with Crippen LogP contribution in [0.2, 0.25) is 5.02 Å². The maximum Gasteiger partial charge on any atom is 0.169 e. The first-order valence-corrected chi connectivity index (χ1v) is 6.54. The minimum atomic E-state index is 0.425. The molecule has 2 rings (SSSR count). The second kappa shape index (κ2) is 6.34. The Morgan fingerprint density at radius 3 is 2.42 bits per heavy atom. The molecule has 0 aliphatic rings. The highest BCUT2D eigenvalue weighted by atomic mass is 35.5. The number of halogens is 1. The van der Waals surface area contributed by atoms with Gasteiger partial charge in [0.2, 0.25) is 0 Å². The van der Waals surface area contributed by atoms with Crippen LogP contribution in [0, 0.1) is 0 Å². The number of ether oxygens (including phenoxy) is 2. The van der Waals surface area contributed by atoms with E-state index in [2.05, 4.69) is 6.92 Å². The van der Waals surface area contributed by atoms with E-state index in [1.54, 1.807) is 18.2 Å². The molecule has 0 aliphatic carbocycles. The smallest absolute Gasteiger partial charge is 0.169 e. The zero-order chi connectivity index (χ0) is 13.7. The zero-order valence-corrected chi connectivity index (χ0v) is 11.5. The van der Waals surface area contributed by atoms with E-state index in [1.165, 1.54) is 0 Å². The topological polar surface area (TPSA) is 44.5 Å². The van der Waals surface area contributed by atoms with Gasteiger partial charge in [0.05, 0.1) is 17.3 Å². The van der Waals surface area contributed by atoms with Crippen LogP contribution in [0.3, 0.4) is 0 Å². The molecule has 0 saturated heterocycles. The predicted octanol–water partition coefficient (Wildman–Crippen LogP) is 4.50. The molecule has 0 aliphatic heterocycles. The summed E-state index contributed by atoms with van der Waals surface area (Å²) < 4.78 is 11.4. The Kier molecular flexibility index (Phi) is 4.53. The highest BCUT2D eigenvalue weighted by molar-refractivity contribution is 6.33. The summed E-state index contributed by atoms with van der Waals surface area (Å²) in [5.41, 5.74) is 6.31. The van der Waals surface area contributed by atoms with Crippen molar-refractivity contribution in [2.75, 3.05) is 12.3 Å². The monoisotopic (exact) mass is 277 g/mol. The summed E-state index contributed by atoms with van der Waals surface area (Å²) in [6.07, 6.45) is 0.938. The Hall–Kier alpha value is -1.87. The number of benzene rings is 2. The van der Waals surface area contributed by atoms with Crippen molar-refractivity contribution in [1.29, 1.82) is 0 Å². The van der Waals surface area contributed by atoms with E-state index in [9.17, 15) is 0 Å². The fourth-order valence-electron chi connectivity index (χ4n) is 1.59. The average Bonchev–Trinajstić information content (AvgIpc) is 2.43. The summed E-state index contributed by atoms with van der Waals surface area (Å²) in [7, 11) is 0. The lowest BCUT2D eigenvalue weighted by atomic mass is 10.3. The van der Waals surface area contributed by atoms with Gasteiger partial charge in [-0.3, -0.25) is 0 Å². The fourth-order valence-corrected chi connectivity index (χ4v) is 1.76. The predicted molar refractivity (Wildman–Crippen MR) is 78.2 cm³/mol. The number of hydrogen-bond donors (Lipinski definition) is 1. The van der Waals surface area contributed by atoms with Gasteiger partial charge < -0.3 is 15.2 Å². The highest BCUT2D eigenvalue weighted by Crippen LogP contribution is 2.36. The van der Waals surface area contributed by atoms with Gasteiger partial charge in [-0.2, -0.15) is 0 Å². The Morgan fingerprint density at radius 2 is 1.68 bits per heavy atom. The first kappa shape index (κ1) is 13.6. The van der Waals surface area contributed by atoms with Gasteiger partial charge >= 0.3 is 0 Å². The quantitative estimate of drug-likeness (QED) is 0.818. The minimum absolute atomic E-state index is 0.425. The number of hydrogen-bond acceptors (Lipinski definition) is 3. The number of nitrogen functional groups attached to an aromatic ring is 1. The van der Waals surface area contributed by atoms with Crippen LogP contribution >= 0.6 is 11.6 Å². The molecule has 4 heteroatoms. The Labute approximate surface area is 117 Å².